The van der Waals surface area contributed by atoms with Crippen LogP contribution in [0.15, 0.2) is 16.7 Å². The summed E-state index contributed by atoms with van der Waals surface area (Å²) in [4.78, 5) is 4.44. The third-order valence-electron chi connectivity index (χ3n) is 3.62. The Morgan fingerprint density at radius 1 is 1.31 bits per heavy atom. The Labute approximate surface area is 105 Å². The number of hydrogen-bond acceptors (Lipinski definition) is 2. The van der Waals surface area contributed by atoms with E-state index in [1.807, 2.05) is 6.20 Å². The van der Waals surface area contributed by atoms with Crippen molar-refractivity contribution in [1.29, 1.82) is 0 Å². The zero-order valence-corrected chi connectivity index (χ0v) is 11.1. The van der Waals surface area contributed by atoms with Gasteiger partial charge in [0.2, 0.25) is 0 Å². The maximum atomic E-state index is 4.44. The molecule has 1 heterocycles. The van der Waals surface area contributed by atoms with E-state index in [1.165, 1.54) is 31.2 Å². The van der Waals surface area contributed by atoms with Gasteiger partial charge in [0.25, 0.3) is 0 Å². The van der Waals surface area contributed by atoms with Gasteiger partial charge in [-0.25, -0.2) is 4.98 Å². The number of nitrogens with one attached hydrogen (secondary N) is 1. The van der Waals surface area contributed by atoms with Gasteiger partial charge in [-0.2, -0.15) is 0 Å². The van der Waals surface area contributed by atoms with E-state index in [-0.39, 0.29) is 0 Å². The van der Waals surface area contributed by atoms with Crippen LogP contribution in [0.25, 0.3) is 0 Å². The van der Waals surface area contributed by atoms with Crippen molar-refractivity contribution < 1.29 is 0 Å². The first kappa shape index (κ1) is 10.6. The molecule has 2 aliphatic carbocycles. The van der Waals surface area contributed by atoms with Crippen molar-refractivity contribution in [3.8, 4) is 0 Å². The molecule has 0 spiro atoms. The molecule has 1 aromatic rings. The molecule has 2 aliphatic rings. The van der Waals surface area contributed by atoms with E-state index < -0.39 is 0 Å². The van der Waals surface area contributed by atoms with E-state index >= 15 is 0 Å². The number of pyridine rings is 1. The topological polar surface area (TPSA) is 24.9 Å². The first-order valence-electron chi connectivity index (χ1n) is 6.13. The predicted octanol–water partition coefficient (Wildman–Crippen LogP) is 3.75. The van der Waals surface area contributed by atoms with Gasteiger partial charge in [-0.05, 0) is 72.0 Å². The minimum atomic E-state index is 0.688. The van der Waals surface area contributed by atoms with E-state index in [9.17, 15) is 0 Å². The first-order chi connectivity index (χ1) is 7.74. The van der Waals surface area contributed by atoms with Crippen LogP contribution in [0.4, 0.5) is 5.82 Å². The first-order valence-corrected chi connectivity index (χ1v) is 6.92. The van der Waals surface area contributed by atoms with Gasteiger partial charge in [0, 0.05) is 16.7 Å². The van der Waals surface area contributed by atoms with E-state index in [1.54, 1.807) is 0 Å². The van der Waals surface area contributed by atoms with Crippen molar-refractivity contribution in [2.45, 2.75) is 38.6 Å². The highest BCUT2D eigenvalue weighted by atomic mass is 79.9. The summed E-state index contributed by atoms with van der Waals surface area (Å²) in [5, 5.41) is 3.64. The summed E-state index contributed by atoms with van der Waals surface area (Å²) in [6, 6.07) is 2.83. The normalized spacial score (nSPS) is 20.2. The lowest BCUT2D eigenvalue weighted by atomic mass is 10.1. The summed E-state index contributed by atoms with van der Waals surface area (Å²) in [6.45, 7) is 2.11. The highest BCUT2D eigenvalue weighted by molar-refractivity contribution is 9.10. The molecular weight excluding hydrogens is 264 g/mol. The average molecular weight is 281 g/mol. The third kappa shape index (κ3) is 2.24. The maximum Gasteiger partial charge on any atom is 0.126 e. The molecule has 0 amide bonds. The third-order valence-corrected chi connectivity index (χ3v) is 4.45. The highest BCUT2D eigenvalue weighted by Gasteiger charge is 2.41. The van der Waals surface area contributed by atoms with Crippen LogP contribution in [-0.2, 0) is 0 Å². The predicted molar refractivity (Wildman–Crippen MR) is 69.5 cm³/mol. The Morgan fingerprint density at radius 3 is 2.44 bits per heavy atom. The Balaban J connectivity index is 1.73. The second-order valence-electron chi connectivity index (χ2n) is 5.16. The van der Waals surface area contributed by atoms with Crippen molar-refractivity contribution in [2.75, 3.05) is 5.32 Å². The molecule has 0 bridgehead atoms. The summed E-state index contributed by atoms with van der Waals surface area (Å²) < 4.78 is 1.09. The molecule has 2 saturated carbocycles. The molecule has 1 N–H and O–H groups in total. The van der Waals surface area contributed by atoms with Gasteiger partial charge in [-0.1, -0.05) is 0 Å². The molecule has 0 saturated heterocycles. The Morgan fingerprint density at radius 2 is 1.94 bits per heavy atom. The number of hydrogen-bond donors (Lipinski definition) is 1. The largest absolute Gasteiger partial charge is 0.367 e. The van der Waals surface area contributed by atoms with Crippen LogP contribution in [0.1, 0.15) is 31.2 Å². The fraction of sp³-hybridized carbons (Fsp3) is 0.615. The smallest absolute Gasteiger partial charge is 0.126 e. The summed E-state index contributed by atoms with van der Waals surface area (Å²) >= 11 is 3.49. The lowest BCUT2D eigenvalue weighted by Crippen LogP contribution is -2.24. The number of nitrogens with zero attached hydrogens (tertiary/aromatic N) is 1. The van der Waals surface area contributed by atoms with Gasteiger partial charge in [0.05, 0.1) is 0 Å². The second-order valence-corrected chi connectivity index (χ2v) is 6.02. The quantitative estimate of drug-likeness (QED) is 0.909. The molecule has 3 rings (SSSR count). The fourth-order valence-corrected chi connectivity index (χ4v) is 2.54. The van der Waals surface area contributed by atoms with Crippen LogP contribution in [0, 0.1) is 18.8 Å². The molecule has 3 heteroatoms. The van der Waals surface area contributed by atoms with Gasteiger partial charge in [-0.3, -0.25) is 0 Å². The van der Waals surface area contributed by atoms with Crippen LogP contribution in [0.2, 0.25) is 0 Å². The van der Waals surface area contributed by atoms with Crippen LogP contribution in [-0.4, -0.2) is 11.0 Å². The van der Waals surface area contributed by atoms with E-state index in [4.69, 9.17) is 0 Å². The van der Waals surface area contributed by atoms with E-state index in [2.05, 4.69) is 39.2 Å². The van der Waals surface area contributed by atoms with Gasteiger partial charge < -0.3 is 5.32 Å². The van der Waals surface area contributed by atoms with Crippen LogP contribution in [0.3, 0.4) is 0 Å². The van der Waals surface area contributed by atoms with E-state index in [0.29, 0.717) is 6.04 Å². The lowest BCUT2D eigenvalue weighted by Gasteiger charge is -2.18. The van der Waals surface area contributed by atoms with Gasteiger partial charge in [-0.15, -0.1) is 0 Å². The van der Waals surface area contributed by atoms with E-state index in [0.717, 1.165) is 22.1 Å². The average Bonchev–Trinajstić information content (AvgIpc) is 3.14. The molecule has 0 aliphatic heterocycles. The molecule has 0 atom stereocenters. The van der Waals surface area contributed by atoms with Crippen LogP contribution < -0.4 is 5.32 Å². The molecule has 0 radical (unpaired) electrons. The zero-order chi connectivity index (χ0) is 11.1. The molecule has 2 nitrogen and oxygen atoms in total. The van der Waals surface area contributed by atoms with Crippen molar-refractivity contribution in [3.63, 3.8) is 0 Å². The van der Waals surface area contributed by atoms with Crippen LogP contribution in [0.5, 0.6) is 0 Å². The van der Waals surface area contributed by atoms with Crippen molar-refractivity contribution in [2.24, 2.45) is 11.8 Å². The van der Waals surface area contributed by atoms with Gasteiger partial charge >= 0.3 is 0 Å². The fourth-order valence-electron chi connectivity index (χ4n) is 2.32. The molecule has 2 fully saturated rings. The standard InChI is InChI=1S/C13H17BrN2/c1-8-6-12(15-7-11(8)14)16-13(9-2-3-9)10-4-5-10/h6-7,9-10,13H,2-5H2,1H3,(H,15,16). The monoisotopic (exact) mass is 280 g/mol. The maximum absolute atomic E-state index is 4.44. The highest BCUT2D eigenvalue weighted by Crippen LogP contribution is 2.45. The van der Waals surface area contributed by atoms with Crippen molar-refractivity contribution >= 4 is 21.7 Å². The Hall–Kier alpha value is -0.570. The van der Waals surface area contributed by atoms with Crippen molar-refractivity contribution in [1.82, 2.24) is 4.98 Å². The van der Waals surface area contributed by atoms with Gasteiger partial charge in [0.1, 0.15) is 5.82 Å². The molecule has 1 aromatic heterocycles. The molecule has 16 heavy (non-hydrogen) atoms. The lowest BCUT2D eigenvalue weighted by molar-refractivity contribution is 0.565. The van der Waals surface area contributed by atoms with Crippen molar-refractivity contribution in [3.05, 3.63) is 22.3 Å². The zero-order valence-electron chi connectivity index (χ0n) is 9.54. The summed E-state index contributed by atoms with van der Waals surface area (Å²) in [5.74, 6) is 2.88. The minimum Gasteiger partial charge on any atom is -0.367 e. The summed E-state index contributed by atoms with van der Waals surface area (Å²) in [5.41, 5.74) is 1.25. The summed E-state index contributed by atoms with van der Waals surface area (Å²) in [6.07, 6.45) is 7.52. The second kappa shape index (κ2) is 4.02. The minimum absolute atomic E-state index is 0.688. The Kier molecular flexibility index (Phi) is 2.66. The SMILES string of the molecule is Cc1cc(NC(C2CC2)C2CC2)ncc1Br. The number of anilines is 1. The van der Waals surface area contributed by atoms with Gasteiger partial charge in [0.15, 0.2) is 0 Å². The summed E-state index contributed by atoms with van der Waals surface area (Å²) in [7, 11) is 0. The molecular formula is C13H17BrN2. The number of halogens is 1. The molecule has 0 aromatic carbocycles. The number of aryl methyl sites for hydroxylation is 1. The van der Waals surface area contributed by atoms with Crippen LogP contribution >= 0.6 is 15.9 Å². The molecule has 0 unspecified atom stereocenters. The Bertz CT molecular complexity index is 385. The molecule has 86 valence electrons. The number of rotatable bonds is 4. The number of aromatic nitrogens is 1.